The molecule has 0 spiro atoms. The van der Waals surface area contributed by atoms with E-state index < -0.39 is 0 Å². The molecule has 2 rings (SSSR count). The van der Waals surface area contributed by atoms with Crippen LogP contribution in [-0.4, -0.2) is 30.1 Å². The topological polar surface area (TPSA) is 41.1 Å². The van der Waals surface area contributed by atoms with E-state index in [2.05, 4.69) is 41.0 Å². The molecule has 0 amide bonds. The molecule has 1 saturated heterocycles. The molecule has 1 aromatic heterocycles. The van der Waals surface area contributed by atoms with Crippen molar-refractivity contribution in [2.45, 2.75) is 52.4 Å². The lowest BCUT2D eigenvalue weighted by Gasteiger charge is -2.34. The molecule has 4 nitrogen and oxygen atoms in total. The Morgan fingerprint density at radius 2 is 2.00 bits per heavy atom. The van der Waals surface area contributed by atoms with Crippen molar-refractivity contribution in [1.29, 1.82) is 0 Å². The minimum absolute atomic E-state index is 0.432. The predicted molar refractivity (Wildman–Crippen MR) is 85.5 cm³/mol. The van der Waals surface area contributed by atoms with Crippen molar-refractivity contribution in [3.63, 3.8) is 0 Å². The van der Waals surface area contributed by atoms with Crippen molar-refractivity contribution in [1.82, 2.24) is 9.97 Å². The van der Waals surface area contributed by atoms with Gasteiger partial charge in [-0.1, -0.05) is 33.6 Å². The van der Waals surface area contributed by atoms with Crippen molar-refractivity contribution >= 4 is 11.6 Å². The molecule has 0 saturated carbocycles. The van der Waals surface area contributed by atoms with Crippen LogP contribution in [0.15, 0.2) is 6.33 Å². The van der Waals surface area contributed by atoms with Gasteiger partial charge in [-0.2, -0.15) is 0 Å². The molecule has 0 aliphatic carbocycles. The van der Waals surface area contributed by atoms with Crippen molar-refractivity contribution in [2.24, 2.45) is 5.92 Å². The zero-order chi connectivity index (χ0) is 14.5. The third-order valence-corrected chi connectivity index (χ3v) is 4.29. The van der Waals surface area contributed by atoms with Gasteiger partial charge in [0.15, 0.2) is 0 Å². The number of anilines is 2. The Morgan fingerprint density at radius 1 is 1.30 bits per heavy atom. The van der Waals surface area contributed by atoms with Crippen LogP contribution in [0.25, 0.3) is 0 Å². The molecule has 4 heteroatoms. The van der Waals surface area contributed by atoms with E-state index in [0.717, 1.165) is 30.6 Å². The van der Waals surface area contributed by atoms with Gasteiger partial charge in [0.1, 0.15) is 18.0 Å². The fourth-order valence-corrected chi connectivity index (χ4v) is 3.21. The number of nitrogens with zero attached hydrogens (tertiary/aromatic N) is 3. The Morgan fingerprint density at radius 3 is 2.55 bits per heavy atom. The standard InChI is InChI=1S/C16H28N4/c1-5-6-13-7-9-20(10-8-13)16-14(12(2)3)15(17-4)18-11-19-16/h11-13H,5-10H2,1-4H3,(H,17,18,19). The molecule has 1 N–H and O–H groups in total. The fraction of sp³-hybridized carbons (Fsp3) is 0.750. The lowest BCUT2D eigenvalue weighted by atomic mass is 9.92. The Labute approximate surface area is 123 Å². The van der Waals surface area contributed by atoms with Crippen LogP contribution in [0.2, 0.25) is 0 Å². The number of rotatable bonds is 5. The van der Waals surface area contributed by atoms with Gasteiger partial charge in [-0.25, -0.2) is 9.97 Å². The number of aromatic nitrogens is 2. The van der Waals surface area contributed by atoms with Crippen LogP contribution in [0.1, 0.15) is 57.9 Å². The van der Waals surface area contributed by atoms with Crippen LogP contribution in [0.5, 0.6) is 0 Å². The molecule has 0 atom stereocenters. The van der Waals surface area contributed by atoms with E-state index in [-0.39, 0.29) is 0 Å². The SMILES string of the molecule is CCCC1CCN(c2ncnc(NC)c2C(C)C)CC1. The van der Waals surface area contributed by atoms with Crippen LogP contribution < -0.4 is 10.2 Å². The molecular formula is C16H28N4. The first kappa shape index (κ1) is 15.1. The van der Waals surface area contributed by atoms with E-state index in [4.69, 9.17) is 0 Å². The van der Waals surface area contributed by atoms with Crippen molar-refractivity contribution in [3.8, 4) is 0 Å². The summed E-state index contributed by atoms with van der Waals surface area (Å²) in [6, 6.07) is 0. The highest BCUT2D eigenvalue weighted by atomic mass is 15.2. The summed E-state index contributed by atoms with van der Waals surface area (Å²) in [6.45, 7) is 8.97. The molecule has 0 radical (unpaired) electrons. The second kappa shape index (κ2) is 6.91. The van der Waals surface area contributed by atoms with Crippen molar-refractivity contribution in [2.75, 3.05) is 30.4 Å². The Kier molecular flexibility index (Phi) is 5.21. The first-order chi connectivity index (χ1) is 9.67. The zero-order valence-corrected chi connectivity index (χ0v) is 13.3. The van der Waals surface area contributed by atoms with Crippen LogP contribution in [0, 0.1) is 5.92 Å². The van der Waals surface area contributed by atoms with E-state index in [1.54, 1.807) is 6.33 Å². The van der Waals surface area contributed by atoms with Gasteiger partial charge in [0.05, 0.1) is 0 Å². The maximum Gasteiger partial charge on any atom is 0.137 e. The van der Waals surface area contributed by atoms with Crippen LogP contribution in [-0.2, 0) is 0 Å². The predicted octanol–water partition coefficient (Wildman–Crippen LogP) is 3.66. The highest BCUT2D eigenvalue weighted by Gasteiger charge is 2.24. The fourth-order valence-electron chi connectivity index (χ4n) is 3.21. The largest absolute Gasteiger partial charge is 0.373 e. The second-order valence-corrected chi connectivity index (χ2v) is 6.08. The maximum atomic E-state index is 4.58. The summed E-state index contributed by atoms with van der Waals surface area (Å²) < 4.78 is 0. The lowest BCUT2D eigenvalue weighted by molar-refractivity contribution is 0.377. The van der Waals surface area contributed by atoms with Gasteiger partial charge in [0, 0.05) is 25.7 Å². The Balaban J connectivity index is 2.17. The van der Waals surface area contributed by atoms with E-state index in [1.807, 2.05) is 7.05 Å². The van der Waals surface area contributed by atoms with E-state index in [0.29, 0.717) is 5.92 Å². The van der Waals surface area contributed by atoms with Crippen LogP contribution >= 0.6 is 0 Å². The third-order valence-electron chi connectivity index (χ3n) is 4.29. The average Bonchev–Trinajstić information content (AvgIpc) is 2.47. The molecule has 2 heterocycles. The molecule has 1 fully saturated rings. The van der Waals surface area contributed by atoms with Gasteiger partial charge < -0.3 is 10.2 Å². The van der Waals surface area contributed by atoms with Crippen LogP contribution in [0.3, 0.4) is 0 Å². The summed E-state index contributed by atoms with van der Waals surface area (Å²) in [5.74, 6) is 3.45. The van der Waals surface area contributed by atoms with Gasteiger partial charge in [0.2, 0.25) is 0 Å². The molecular weight excluding hydrogens is 248 g/mol. The highest BCUT2D eigenvalue weighted by molar-refractivity contribution is 5.60. The molecule has 1 aromatic rings. The van der Waals surface area contributed by atoms with Gasteiger partial charge in [-0.05, 0) is 24.7 Å². The number of hydrogen-bond acceptors (Lipinski definition) is 4. The van der Waals surface area contributed by atoms with E-state index in [9.17, 15) is 0 Å². The summed E-state index contributed by atoms with van der Waals surface area (Å²) >= 11 is 0. The first-order valence-corrected chi connectivity index (χ1v) is 7.94. The smallest absolute Gasteiger partial charge is 0.137 e. The quantitative estimate of drug-likeness (QED) is 0.891. The molecule has 0 aromatic carbocycles. The van der Waals surface area contributed by atoms with Gasteiger partial charge in [-0.15, -0.1) is 0 Å². The second-order valence-electron chi connectivity index (χ2n) is 6.08. The summed E-state index contributed by atoms with van der Waals surface area (Å²) in [5.41, 5.74) is 1.25. The monoisotopic (exact) mass is 276 g/mol. The normalized spacial score (nSPS) is 16.8. The molecule has 20 heavy (non-hydrogen) atoms. The number of hydrogen-bond donors (Lipinski definition) is 1. The minimum atomic E-state index is 0.432. The zero-order valence-electron chi connectivity index (χ0n) is 13.3. The summed E-state index contributed by atoms with van der Waals surface area (Å²) in [5, 5.41) is 3.21. The Bertz CT molecular complexity index is 422. The summed E-state index contributed by atoms with van der Waals surface area (Å²) in [4.78, 5) is 11.4. The van der Waals surface area contributed by atoms with Crippen LogP contribution in [0.4, 0.5) is 11.6 Å². The Hall–Kier alpha value is -1.32. The number of nitrogens with one attached hydrogen (secondary N) is 1. The summed E-state index contributed by atoms with van der Waals surface area (Å²) in [6.07, 6.45) is 6.95. The molecule has 0 bridgehead atoms. The lowest BCUT2D eigenvalue weighted by Crippen LogP contribution is -2.35. The molecule has 0 unspecified atom stereocenters. The van der Waals surface area contributed by atoms with E-state index in [1.165, 1.54) is 31.2 Å². The molecule has 1 aliphatic rings. The number of piperidine rings is 1. The highest BCUT2D eigenvalue weighted by Crippen LogP contribution is 2.33. The van der Waals surface area contributed by atoms with Gasteiger partial charge >= 0.3 is 0 Å². The first-order valence-electron chi connectivity index (χ1n) is 7.94. The average molecular weight is 276 g/mol. The van der Waals surface area contributed by atoms with Gasteiger partial charge in [-0.3, -0.25) is 0 Å². The van der Waals surface area contributed by atoms with Crippen molar-refractivity contribution < 1.29 is 0 Å². The molecule has 112 valence electrons. The minimum Gasteiger partial charge on any atom is -0.373 e. The summed E-state index contributed by atoms with van der Waals surface area (Å²) in [7, 11) is 1.94. The third kappa shape index (κ3) is 3.22. The maximum absolute atomic E-state index is 4.58. The van der Waals surface area contributed by atoms with E-state index >= 15 is 0 Å². The van der Waals surface area contributed by atoms with Gasteiger partial charge in [0.25, 0.3) is 0 Å². The molecule has 1 aliphatic heterocycles. The van der Waals surface area contributed by atoms with Crippen molar-refractivity contribution in [3.05, 3.63) is 11.9 Å².